The minimum Gasteiger partial charge on any atom is -0.463 e. The average molecular weight is 930 g/mol. The molecular weight excluding hydrogens is 853 g/mol. The Hall–Kier alpha value is -6.81. The topological polar surface area (TPSA) is 196 Å². The molecular formula is C48H61N6O8S2+. The van der Waals surface area contributed by atoms with Gasteiger partial charge in [-0.15, -0.1) is 4.79 Å². The van der Waals surface area contributed by atoms with Crippen molar-refractivity contribution in [1.29, 1.82) is 0 Å². The van der Waals surface area contributed by atoms with E-state index in [4.69, 9.17) is 23.2 Å². The molecule has 14 nitrogen and oxygen atoms in total. The molecule has 0 aliphatic carbocycles. The van der Waals surface area contributed by atoms with E-state index in [0.717, 1.165) is 28.3 Å². The number of carbonyl (C=O) groups is 2. The van der Waals surface area contributed by atoms with E-state index in [9.17, 15) is 26.4 Å². The maximum Gasteiger partial charge on any atom is 0.484 e. The van der Waals surface area contributed by atoms with Gasteiger partial charge >= 0.3 is 11.9 Å². The molecule has 6 rings (SSSR count). The van der Waals surface area contributed by atoms with Crippen molar-refractivity contribution in [2.75, 3.05) is 13.2 Å². The Morgan fingerprint density at radius 3 is 1.42 bits per heavy atom. The molecule has 2 aromatic carbocycles. The van der Waals surface area contributed by atoms with Gasteiger partial charge in [0.25, 0.3) is 0 Å². The van der Waals surface area contributed by atoms with Crippen LogP contribution in [0.1, 0.15) is 59.0 Å². The molecule has 2 N–H and O–H groups in total. The fraction of sp³-hybridized carbons (Fsp3) is 0.208. The van der Waals surface area contributed by atoms with Crippen LogP contribution in [0.15, 0.2) is 175 Å². The molecule has 0 fully saturated rings. The average Bonchev–Trinajstić information content (AvgIpc) is 3.42. The highest BCUT2D eigenvalue weighted by Gasteiger charge is 2.43. The summed E-state index contributed by atoms with van der Waals surface area (Å²) in [4.78, 5) is 37.0. The molecule has 4 heterocycles. The van der Waals surface area contributed by atoms with Gasteiger partial charge in [0.15, 0.2) is 0 Å². The van der Waals surface area contributed by atoms with Gasteiger partial charge in [-0.2, -0.15) is 0 Å². The molecule has 0 atom stereocenters. The van der Waals surface area contributed by atoms with E-state index in [0.29, 0.717) is 13.2 Å². The van der Waals surface area contributed by atoms with Crippen molar-refractivity contribution in [3.05, 3.63) is 177 Å². The molecule has 0 amide bonds. The molecule has 0 unspecified atom stereocenters. The first kappa shape index (κ1) is 45.2. The lowest BCUT2D eigenvalue weighted by Gasteiger charge is -2.42. The summed E-state index contributed by atoms with van der Waals surface area (Å²) in [5.74, 6) is -0.795. The Labute approximate surface area is 389 Å². The van der Waals surface area contributed by atoms with Crippen molar-refractivity contribution in [3.63, 3.8) is 0 Å². The largest absolute Gasteiger partial charge is 0.484 e. The summed E-state index contributed by atoms with van der Waals surface area (Å²) in [5, 5.41) is 0. The van der Waals surface area contributed by atoms with Crippen LogP contribution in [0, 0.1) is 6.58 Å². The molecule has 0 radical (unpaired) electrons. The monoisotopic (exact) mass is 929 g/mol. The maximum absolute atomic E-state index is 12.6. The zero-order valence-corrected chi connectivity index (χ0v) is 38.2. The predicted molar refractivity (Wildman–Crippen MR) is 256 cm³/mol. The second-order valence-corrected chi connectivity index (χ2v) is 17.7. The van der Waals surface area contributed by atoms with E-state index >= 15 is 0 Å². The number of benzene rings is 2. The molecule has 16 heteroatoms. The van der Waals surface area contributed by atoms with Crippen LogP contribution in [-0.2, 0) is 39.1 Å². The van der Waals surface area contributed by atoms with E-state index < -0.39 is 37.1 Å². The Kier molecular flexibility index (Phi) is 17.9. The van der Waals surface area contributed by atoms with Gasteiger partial charge in [0.05, 0.1) is 13.2 Å². The Morgan fingerprint density at radius 2 is 1.02 bits per heavy atom. The Balaban J connectivity index is 0. The van der Waals surface area contributed by atoms with Crippen LogP contribution in [0.4, 0.5) is 0 Å². The van der Waals surface area contributed by atoms with Crippen LogP contribution < -0.4 is 9.44 Å². The molecule has 4 aromatic heterocycles. The van der Waals surface area contributed by atoms with Gasteiger partial charge in [0, 0.05) is 84.2 Å². The Bertz CT molecular complexity index is 2520. The van der Waals surface area contributed by atoms with E-state index in [1.165, 1.54) is 60.7 Å². The van der Waals surface area contributed by atoms with Gasteiger partial charge < -0.3 is 9.47 Å². The standard InChI is InChI=1S/C16H22N4O4S2.C16H15NO2.C11H9N.C5H7O2.4H2/c1-15(2,19-25(21,22)13-7-5-9-17-11-13)16(3,4)20-26(23,24)14-8-6-10-18-12-14;1-2-19-16(18)9-8-13-5-3-6-14(11-13)15-7-4-10-17-12-15;1-2-5-10(6-3-1)11-7-4-8-12-9-11;1-3-5(6)7-4-2;;;;/h5-12,19-20H,1-4H3;3-12H,2H2,1H3;1-9H;1,3H,4H2,2H3;4*1H/q;;;+1;;;;/b;9-8+;;;;;;/i;;;;4*1+2T. The number of nitrogens with one attached hydrogen (secondary N) is 2. The maximum atomic E-state index is 12.6. The van der Waals surface area contributed by atoms with Crippen LogP contribution in [0.3, 0.4) is 0 Å². The zero-order valence-electron chi connectivity index (χ0n) is 44.5. The van der Waals surface area contributed by atoms with Crippen molar-refractivity contribution in [1.82, 2.24) is 29.4 Å². The number of hydrogen-bond acceptors (Lipinski definition) is 12. The SMILES string of the molecule is CC(C)(NS(=O)(=O)c1cccnc1)C(C)(C)NS(=O)(=O)c1cccnc1.CCOC(=O)/C=C/c1cccc(-c2cccnc2)c1.[3H][3H].[3H][3H].[3H][3H].[3H][3H].[CH+]=CC(=O)OCC.c1ccc(-c2cccnc2)cc1. The molecule has 0 aliphatic heterocycles. The minimum atomic E-state index is -3.88. The van der Waals surface area contributed by atoms with Crippen LogP contribution in [0.5, 0.6) is 0 Å². The number of esters is 2. The summed E-state index contributed by atoms with van der Waals surface area (Å²) in [6, 6.07) is 31.9. The lowest BCUT2D eigenvalue weighted by atomic mass is 9.85. The van der Waals surface area contributed by atoms with Crippen LogP contribution >= 0.6 is 0 Å². The first-order valence-corrected chi connectivity index (χ1v) is 22.8. The van der Waals surface area contributed by atoms with Gasteiger partial charge in [0.1, 0.15) is 16.4 Å². The normalized spacial score (nSPS) is 11.8. The molecule has 64 heavy (non-hydrogen) atoms. The second-order valence-electron chi connectivity index (χ2n) is 14.3. The number of sulfonamides is 2. The van der Waals surface area contributed by atoms with Crippen LogP contribution in [0.25, 0.3) is 28.3 Å². The summed E-state index contributed by atoms with van der Waals surface area (Å²) < 4.78 is 105. The van der Waals surface area contributed by atoms with E-state index in [1.54, 1.807) is 60.0 Å². The molecule has 6 aromatic rings. The van der Waals surface area contributed by atoms with Crippen LogP contribution in [-0.4, -0.2) is 73.0 Å². The summed E-state index contributed by atoms with van der Waals surface area (Å²) in [7, 11) is -7.76. The molecule has 0 bridgehead atoms. The van der Waals surface area contributed by atoms with E-state index in [-0.39, 0.29) is 15.8 Å². The quantitative estimate of drug-likeness (QED) is 0.0599. The number of aromatic nitrogens is 4. The van der Waals surface area contributed by atoms with Gasteiger partial charge in [-0.3, -0.25) is 19.9 Å². The van der Waals surface area contributed by atoms with E-state index in [2.05, 4.69) is 52.3 Å². The first-order chi connectivity index (χ1) is 34.4. The van der Waals surface area contributed by atoms with Crippen LogP contribution in [0.2, 0.25) is 0 Å². The molecule has 0 saturated carbocycles. The van der Waals surface area contributed by atoms with Crippen molar-refractivity contribution < 1.29 is 47.8 Å². The molecule has 342 valence electrons. The smallest absolute Gasteiger partial charge is 0.463 e. The summed E-state index contributed by atoms with van der Waals surface area (Å²) >= 11 is 0. The third-order valence-corrected chi connectivity index (χ3v) is 12.3. The van der Waals surface area contributed by atoms with Gasteiger partial charge in [0.2, 0.25) is 26.1 Å². The number of carbonyl (C=O) groups excluding carboxylic acids is 2. The second kappa shape index (κ2) is 25.3. The number of hydrogen-bond donors (Lipinski definition) is 2. The molecule has 0 spiro atoms. The first-order valence-electron chi connectivity index (χ1n) is 23.8. The van der Waals surface area contributed by atoms with Crippen molar-refractivity contribution >= 4 is 38.1 Å². The zero-order chi connectivity index (χ0) is 55.1. The van der Waals surface area contributed by atoms with Gasteiger partial charge in [-0.05, 0) is 112 Å². The minimum absolute atomic E-state index is 0.000934. The van der Waals surface area contributed by atoms with Gasteiger partial charge in [-0.25, -0.2) is 31.1 Å². The molecule has 0 aliphatic rings. The summed E-state index contributed by atoms with van der Waals surface area (Å²) in [6.45, 7) is 15.5. The number of ether oxygens (including phenoxy) is 2. The molecule has 0 saturated heterocycles. The van der Waals surface area contributed by atoms with Gasteiger partial charge in [-0.1, -0.05) is 60.7 Å². The highest BCUT2D eigenvalue weighted by Crippen LogP contribution is 2.26. The number of nitrogens with zero attached hydrogens (tertiary/aromatic N) is 4. The summed E-state index contributed by atoms with van der Waals surface area (Å²) in [6.07, 6.45) is 16.7. The van der Waals surface area contributed by atoms with Crippen molar-refractivity contribution in [2.24, 2.45) is 0 Å². The van der Waals surface area contributed by atoms with E-state index in [1.807, 2.05) is 73.1 Å². The Morgan fingerprint density at radius 1 is 0.594 bits per heavy atom. The highest BCUT2D eigenvalue weighted by atomic mass is 32.2. The predicted octanol–water partition coefficient (Wildman–Crippen LogP) is 8.89. The van der Waals surface area contributed by atoms with Crippen molar-refractivity contribution in [3.8, 4) is 22.3 Å². The summed E-state index contributed by atoms with van der Waals surface area (Å²) in [5.41, 5.74) is 3.14. The fourth-order valence-electron chi connectivity index (χ4n) is 5.12. The number of pyridine rings is 4. The third-order valence-electron chi connectivity index (χ3n) is 9.00. The fourth-order valence-corrected chi connectivity index (χ4v) is 8.13. The third kappa shape index (κ3) is 17.2. The number of rotatable bonds is 14. The lowest BCUT2D eigenvalue weighted by molar-refractivity contribution is -0.138. The highest BCUT2D eigenvalue weighted by molar-refractivity contribution is 7.90. The van der Waals surface area contributed by atoms with Crippen molar-refractivity contribution in [2.45, 2.75) is 62.4 Å². The lowest BCUT2D eigenvalue weighted by Crippen LogP contribution is -2.65.